The Hall–Kier alpha value is -1.45. The van der Waals surface area contributed by atoms with E-state index in [1.54, 1.807) is 11.1 Å². The van der Waals surface area contributed by atoms with Gasteiger partial charge in [-0.1, -0.05) is 52.1 Å². The molecule has 0 rings (SSSR count). The predicted octanol–water partition coefficient (Wildman–Crippen LogP) is 5.14. The summed E-state index contributed by atoms with van der Waals surface area (Å²) in [7, 11) is 1.43. The number of unbranched alkanes of at least 4 members (excludes halogenated alkanes) is 6. The normalized spacial score (nSPS) is 10.1. The topological polar surface area (TPSA) is 26.3 Å². The number of ether oxygens (including phenoxy) is 1. The lowest BCUT2D eigenvalue weighted by Crippen LogP contribution is -1.98. The van der Waals surface area contributed by atoms with Crippen molar-refractivity contribution in [3.8, 4) is 23.7 Å². The van der Waals surface area contributed by atoms with Crippen LogP contribution in [0, 0.1) is 23.7 Å². The van der Waals surface area contributed by atoms with Gasteiger partial charge in [-0.05, 0) is 49.2 Å². The van der Waals surface area contributed by atoms with Crippen molar-refractivity contribution in [2.75, 3.05) is 7.11 Å². The van der Waals surface area contributed by atoms with Crippen LogP contribution in [0.15, 0.2) is 23.2 Å². The van der Waals surface area contributed by atoms with Crippen molar-refractivity contribution < 1.29 is 9.53 Å². The summed E-state index contributed by atoms with van der Waals surface area (Å²) >= 11 is 3.18. The van der Waals surface area contributed by atoms with Gasteiger partial charge in [0.15, 0.2) is 0 Å². The number of carbonyl (C=O) groups excluding carboxylic acids is 1. The number of allylic oxidation sites excluding steroid dienone is 3. The van der Waals surface area contributed by atoms with Gasteiger partial charge in [0.1, 0.15) is 0 Å². The zero-order valence-corrected chi connectivity index (χ0v) is 15.0. The Morgan fingerprint density at radius 3 is 2.36 bits per heavy atom. The molecule has 0 aromatic rings. The molecule has 0 aromatic carbocycles. The van der Waals surface area contributed by atoms with Gasteiger partial charge < -0.3 is 4.74 Å². The second kappa shape index (κ2) is 17.6. The smallest absolute Gasteiger partial charge is 0.305 e. The van der Waals surface area contributed by atoms with Crippen LogP contribution in [0.4, 0.5) is 0 Å². The van der Waals surface area contributed by atoms with Crippen LogP contribution in [0.25, 0.3) is 0 Å². The van der Waals surface area contributed by atoms with Crippen LogP contribution in [0.1, 0.15) is 57.8 Å². The standard InChI is InChI=1S/C19H25BrO2/c1-22-19(21)17-15-13-11-9-7-5-3-2-4-6-8-10-12-14-16-18-20/h2-3,16,18H,4,6,8-11,13,15,17H2,1H3/b3-2+,18-16+. The van der Waals surface area contributed by atoms with Crippen LogP contribution in [0.2, 0.25) is 0 Å². The van der Waals surface area contributed by atoms with E-state index in [4.69, 9.17) is 0 Å². The van der Waals surface area contributed by atoms with E-state index in [1.165, 1.54) is 7.11 Å². The maximum absolute atomic E-state index is 10.9. The van der Waals surface area contributed by atoms with Gasteiger partial charge in [0, 0.05) is 19.3 Å². The Bertz CT molecular complexity index is 455. The first-order valence-electron chi connectivity index (χ1n) is 7.75. The Kier molecular flexibility index (Phi) is 16.4. The number of hydrogen-bond acceptors (Lipinski definition) is 2. The highest BCUT2D eigenvalue weighted by Crippen LogP contribution is 2.03. The quantitative estimate of drug-likeness (QED) is 0.321. The molecule has 0 saturated heterocycles. The highest BCUT2D eigenvalue weighted by Gasteiger charge is 1.97. The first-order valence-corrected chi connectivity index (χ1v) is 8.66. The van der Waals surface area contributed by atoms with E-state index in [0.717, 1.165) is 51.4 Å². The Labute approximate surface area is 143 Å². The summed E-state index contributed by atoms with van der Waals surface area (Å²) in [5, 5.41) is 0. The fourth-order valence-electron chi connectivity index (χ4n) is 1.67. The van der Waals surface area contributed by atoms with Crippen LogP contribution in [0.5, 0.6) is 0 Å². The molecule has 0 radical (unpaired) electrons. The molecule has 0 aromatic heterocycles. The van der Waals surface area contributed by atoms with E-state index in [0.29, 0.717) is 6.42 Å². The molecular formula is C19H25BrO2. The molecule has 0 N–H and O–H groups in total. The maximum atomic E-state index is 10.9. The van der Waals surface area contributed by atoms with Gasteiger partial charge in [-0.2, -0.15) is 0 Å². The van der Waals surface area contributed by atoms with Gasteiger partial charge in [0.05, 0.1) is 7.11 Å². The third kappa shape index (κ3) is 16.6. The van der Waals surface area contributed by atoms with Gasteiger partial charge in [-0.3, -0.25) is 4.79 Å². The predicted molar refractivity (Wildman–Crippen MR) is 96.3 cm³/mol. The SMILES string of the molecule is COC(=O)CCCCCC#C/C=C/CCCCC#C/C=C/Br. The number of esters is 1. The lowest BCUT2D eigenvalue weighted by molar-refractivity contribution is -0.140. The summed E-state index contributed by atoms with van der Waals surface area (Å²) in [5.74, 6) is 12.1. The molecule has 0 unspecified atom stereocenters. The fourth-order valence-corrected chi connectivity index (χ4v) is 1.81. The van der Waals surface area contributed by atoms with Crippen LogP contribution in [-0.4, -0.2) is 13.1 Å². The van der Waals surface area contributed by atoms with Crippen LogP contribution in [0.3, 0.4) is 0 Å². The average molecular weight is 365 g/mol. The van der Waals surface area contributed by atoms with Crippen molar-refractivity contribution in [3.05, 3.63) is 23.2 Å². The average Bonchev–Trinajstić information content (AvgIpc) is 2.54. The van der Waals surface area contributed by atoms with Gasteiger partial charge in [0.25, 0.3) is 0 Å². The summed E-state index contributed by atoms with van der Waals surface area (Å²) < 4.78 is 4.59. The molecule has 0 bridgehead atoms. The van der Waals surface area contributed by atoms with E-state index in [-0.39, 0.29) is 5.97 Å². The third-order valence-electron chi connectivity index (χ3n) is 2.88. The number of methoxy groups -OCH3 is 1. The van der Waals surface area contributed by atoms with E-state index in [2.05, 4.69) is 50.4 Å². The molecule has 0 aliphatic heterocycles. The zero-order valence-electron chi connectivity index (χ0n) is 13.4. The third-order valence-corrected chi connectivity index (χ3v) is 3.15. The molecule has 0 aliphatic rings. The van der Waals surface area contributed by atoms with E-state index >= 15 is 0 Å². The first kappa shape index (κ1) is 20.6. The van der Waals surface area contributed by atoms with Crippen molar-refractivity contribution in [3.63, 3.8) is 0 Å². The molecule has 0 spiro atoms. The highest BCUT2D eigenvalue weighted by molar-refractivity contribution is 9.11. The monoisotopic (exact) mass is 364 g/mol. The Morgan fingerprint density at radius 1 is 1.00 bits per heavy atom. The second-order valence-corrected chi connectivity index (χ2v) is 5.25. The van der Waals surface area contributed by atoms with Gasteiger partial charge in [-0.15, -0.1) is 0 Å². The molecule has 0 aliphatic carbocycles. The number of hydrogen-bond donors (Lipinski definition) is 0. The minimum absolute atomic E-state index is 0.125. The lowest BCUT2D eigenvalue weighted by Gasteiger charge is -1.97. The van der Waals surface area contributed by atoms with Crippen LogP contribution in [-0.2, 0) is 9.53 Å². The van der Waals surface area contributed by atoms with Crippen LogP contribution < -0.4 is 0 Å². The van der Waals surface area contributed by atoms with Gasteiger partial charge in [0.2, 0.25) is 0 Å². The molecule has 3 heteroatoms. The molecule has 0 saturated carbocycles. The first-order chi connectivity index (χ1) is 10.8. The lowest BCUT2D eigenvalue weighted by atomic mass is 10.1. The maximum Gasteiger partial charge on any atom is 0.305 e. The van der Waals surface area contributed by atoms with Crippen LogP contribution >= 0.6 is 15.9 Å². The molecule has 0 atom stereocenters. The second-order valence-electron chi connectivity index (χ2n) is 4.72. The molecule has 2 nitrogen and oxygen atoms in total. The summed E-state index contributed by atoms with van der Waals surface area (Å²) in [4.78, 5) is 12.7. The molecule has 0 amide bonds. The molecule has 120 valence electrons. The summed E-state index contributed by atoms with van der Waals surface area (Å²) in [6.07, 6.45) is 14.5. The Balaban J connectivity index is 3.40. The largest absolute Gasteiger partial charge is 0.469 e. The van der Waals surface area contributed by atoms with Crippen molar-refractivity contribution in [1.29, 1.82) is 0 Å². The number of carbonyl (C=O) groups is 1. The van der Waals surface area contributed by atoms with Gasteiger partial charge >= 0.3 is 5.97 Å². The van der Waals surface area contributed by atoms with Crippen molar-refractivity contribution in [2.24, 2.45) is 0 Å². The summed E-state index contributed by atoms with van der Waals surface area (Å²) in [6, 6.07) is 0. The van der Waals surface area contributed by atoms with E-state index in [9.17, 15) is 4.79 Å². The van der Waals surface area contributed by atoms with E-state index < -0.39 is 0 Å². The number of halogens is 1. The Morgan fingerprint density at radius 2 is 1.68 bits per heavy atom. The molecule has 0 fully saturated rings. The fraction of sp³-hybridized carbons (Fsp3) is 0.526. The van der Waals surface area contributed by atoms with Crippen molar-refractivity contribution in [2.45, 2.75) is 57.8 Å². The van der Waals surface area contributed by atoms with E-state index in [1.807, 2.05) is 6.08 Å². The molecule has 0 heterocycles. The zero-order chi connectivity index (χ0) is 16.3. The number of rotatable bonds is 9. The minimum atomic E-state index is -0.125. The molecular weight excluding hydrogens is 340 g/mol. The highest BCUT2D eigenvalue weighted by atomic mass is 79.9. The van der Waals surface area contributed by atoms with Gasteiger partial charge in [-0.25, -0.2) is 0 Å². The summed E-state index contributed by atoms with van der Waals surface area (Å²) in [6.45, 7) is 0. The molecule has 22 heavy (non-hydrogen) atoms. The minimum Gasteiger partial charge on any atom is -0.469 e. The summed E-state index contributed by atoms with van der Waals surface area (Å²) in [5.41, 5.74) is 0. The van der Waals surface area contributed by atoms with Crippen molar-refractivity contribution in [1.82, 2.24) is 0 Å². The van der Waals surface area contributed by atoms with Crippen molar-refractivity contribution >= 4 is 21.9 Å².